The molecule has 0 spiro atoms. The van der Waals surface area contributed by atoms with Crippen molar-refractivity contribution in [2.75, 3.05) is 33.0 Å². The van der Waals surface area contributed by atoms with Gasteiger partial charge >= 0.3 is 0 Å². The Kier molecular flexibility index (Phi) is 9.00. The van der Waals surface area contributed by atoms with E-state index in [1.54, 1.807) is 0 Å². The van der Waals surface area contributed by atoms with Crippen molar-refractivity contribution >= 4 is 0 Å². The third kappa shape index (κ3) is 6.07. The Bertz CT molecular complexity index is 1340. The van der Waals surface area contributed by atoms with Crippen LogP contribution in [-0.2, 0) is 33.1 Å². The Morgan fingerprint density at radius 2 is 1.40 bits per heavy atom. The zero-order chi connectivity index (χ0) is 31.1. The van der Waals surface area contributed by atoms with Gasteiger partial charge in [0.15, 0.2) is 0 Å². The lowest BCUT2D eigenvalue weighted by atomic mass is 9.52. The number of nitrogens with one attached hydrogen (secondary N) is 1. The number of phenolic OH excluding ortho intramolecular Hbond substituents is 2. The lowest BCUT2D eigenvalue weighted by molar-refractivity contribution is 0.00139. The maximum Gasteiger partial charge on any atom is 0.115 e. The van der Waals surface area contributed by atoms with Gasteiger partial charge in [0.25, 0.3) is 0 Å². The van der Waals surface area contributed by atoms with Crippen molar-refractivity contribution in [1.29, 1.82) is 0 Å². The summed E-state index contributed by atoms with van der Waals surface area (Å²) in [6, 6.07) is 12.7. The van der Waals surface area contributed by atoms with Gasteiger partial charge in [0.2, 0.25) is 0 Å². The molecule has 1 unspecified atom stereocenters. The molecule has 5 aliphatic carbocycles. The summed E-state index contributed by atoms with van der Waals surface area (Å²) in [5, 5.41) is 24.5. The fraction of sp³-hybridized carbons (Fsp3) is 0.700. The van der Waals surface area contributed by atoms with Crippen LogP contribution in [0.1, 0.15) is 113 Å². The van der Waals surface area contributed by atoms with Crippen LogP contribution in [-0.4, -0.2) is 49.2 Å². The van der Waals surface area contributed by atoms with Crippen molar-refractivity contribution in [2.24, 2.45) is 23.2 Å². The average Bonchev–Trinajstić information content (AvgIpc) is 3.15. The van der Waals surface area contributed by atoms with Crippen molar-refractivity contribution in [3.05, 3.63) is 58.7 Å². The molecule has 5 aliphatic rings. The van der Waals surface area contributed by atoms with E-state index >= 15 is 0 Å². The molecule has 2 aromatic rings. The Labute approximate surface area is 271 Å². The van der Waals surface area contributed by atoms with Gasteiger partial charge < -0.3 is 25.0 Å². The molecule has 7 rings (SSSR count). The normalized spacial score (nSPS) is 35.4. The van der Waals surface area contributed by atoms with Gasteiger partial charge in [-0.15, -0.1) is 0 Å². The Hall–Kier alpha value is -2.08. The van der Waals surface area contributed by atoms with E-state index in [-0.39, 0.29) is 10.8 Å². The van der Waals surface area contributed by atoms with Crippen LogP contribution in [0.5, 0.6) is 11.5 Å². The minimum atomic E-state index is 0.0529. The standard InChI is InChI=1S/C40H57NO4/c1-38-14-6-15-40(16-12-30(36(38)27-40)23-28-8-10-32(42)25-34(28)38)17-19-44-21-22-45-20-18-41-37-31-7-4-3-5-13-39(37,2)35-26-33(43)11-9-29(35)24-31/h8-11,25-26,30-31,36-37,41-43H,3-7,12-24,27H2,1-2H3/t30-,31-,36-,37-,38+,39+,40?/m0/s1. The SMILES string of the molecule is C[C@@]12CCCC3(CCOCCOCCN[C@H]4[C@H]5CCCCC[C@]4(C)c4cc(O)ccc4C5)CC[C@@H](Cc4ccc(O)cc41)[C@@H]2C3. The molecule has 0 saturated heterocycles. The highest BCUT2D eigenvalue weighted by molar-refractivity contribution is 5.45. The molecule has 0 aliphatic heterocycles. The van der Waals surface area contributed by atoms with Gasteiger partial charge in [-0.05, 0) is 139 Å². The molecule has 5 nitrogen and oxygen atoms in total. The number of rotatable bonds is 10. The summed E-state index contributed by atoms with van der Waals surface area (Å²) >= 11 is 0. The molecule has 246 valence electrons. The first-order valence-corrected chi connectivity index (χ1v) is 18.3. The summed E-state index contributed by atoms with van der Waals surface area (Å²) < 4.78 is 12.3. The van der Waals surface area contributed by atoms with E-state index in [1.165, 1.54) is 106 Å². The Morgan fingerprint density at radius 3 is 2.18 bits per heavy atom. The summed E-state index contributed by atoms with van der Waals surface area (Å²) in [7, 11) is 0. The molecule has 3 fully saturated rings. The third-order valence-corrected chi connectivity index (χ3v) is 13.6. The van der Waals surface area contributed by atoms with Gasteiger partial charge in [-0.2, -0.15) is 0 Å². The van der Waals surface area contributed by atoms with Gasteiger partial charge in [-0.25, -0.2) is 0 Å². The average molecular weight is 616 g/mol. The Morgan fingerprint density at radius 1 is 0.711 bits per heavy atom. The van der Waals surface area contributed by atoms with Crippen LogP contribution in [0.3, 0.4) is 0 Å². The van der Waals surface area contributed by atoms with Crippen molar-refractivity contribution in [3.8, 4) is 11.5 Å². The zero-order valence-corrected chi connectivity index (χ0v) is 27.9. The summed E-state index contributed by atoms with van der Waals surface area (Å²) in [6.45, 7) is 8.65. The molecular formula is C40H57NO4. The number of aromatic hydroxyl groups is 2. The maximum absolute atomic E-state index is 10.3. The van der Waals surface area contributed by atoms with E-state index in [2.05, 4.69) is 37.4 Å². The molecule has 3 N–H and O–H groups in total. The van der Waals surface area contributed by atoms with Crippen LogP contribution in [0, 0.1) is 23.2 Å². The monoisotopic (exact) mass is 615 g/mol. The van der Waals surface area contributed by atoms with Crippen molar-refractivity contribution in [3.63, 3.8) is 0 Å². The first-order chi connectivity index (χ1) is 21.8. The lowest BCUT2D eigenvalue weighted by Crippen LogP contribution is -2.55. The number of benzene rings is 2. The van der Waals surface area contributed by atoms with Crippen LogP contribution < -0.4 is 5.32 Å². The van der Waals surface area contributed by atoms with Crippen LogP contribution in [0.25, 0.3) is 0 Å². The van der Waals surface area contributed by atoms with Gasteiger partial charge in [-0.3, -0.25) is 0 Å². The van der Waals surface area contributed by atoms with Crippen LogP contribution in [0.15, 0.2) is 36.4 Å². The van der Waals surface area contributed by atoms with Crippen molar-refractivity contribution < 1.29 is 19.7 Å². The maximum atomic E-state index is 10.3. The van der Waals surface area contributed by atoms with E-state index in [9.17, 15) is 10.2 Å². The highest BCUT2D eigenvalue weighted by Crippen LogP contribution is 2.61. The summed E-state index contributed by atoms with van der Waals surface area (Å²) in [5.74, 6) is 2.96. The first kappa shape index (κ1) is 31.5. The molecule has 45 heavy (non-hydrogen) atoms. The summed E-state index contributed by atoms with van der Waals surface area (Å²) in [4.78, 5) is 0. The third-order valence-electron chi connectivity index (χ3n) is 13.6. The Balaban J connectivity index is 0.864. The smallest absolute Gasteiger partial charge is 0.115 e. The second kappa shape index (κ2) is 12.8. The predicted octanol–water partition coefficient (Wildman–Crippen LogP) is 7.97. The van der Waals surface area contributed by atoms with Gasteiger partial charge in [0.05, 0.1) is 19.8 Å². The lowest BCUT2D eigenvalue weighted by Gasteiger charge is -2.53. The number of ether oxygens (including phenoxy) is 2. The molecule has 5 heteroatoms. The quantitative estimate of drug-likeness (QED) is 0.237. The number of hydrogen-bond acceptors (Lipinski definition) is 5. The van der Waals surface area contributed by atoms with Gasteiger partial charge in [0, 0.05) is 24.6 Å². The van der Waals surface area contributed by atoms with E-state index in [0.717, 1.165) is 31.4 Å². The van der Waals surface area contributed by atoms with Gasteiger partial charge in [-0.1, -0.05) is 51.7 Å². The number of fused-ring (bicyclic) bond motifs is 7. The largest absolute Gasteiger partial charge is 0.508 e. The topological polar surface area (TPSA) is 71.0 Å². The first-order valence-electron chi connectivity index (χ1n) is 18.3. The second-order valence-electron chi connectivity index (χ2n) is 16.2. The molecular weight excluding hydrogens is 558 g/mol. The molecule has 3 saturated carbocycles. The number of hydrogen-bond donors (Lipinski definition) is 3. The molecule has 0 radical (unpaired) electrons. The van der Waals surface area contributed by atoms with Crippen molar-refractivity contribution in [2.45, 2.75) is 121 Å². The van der Waals surface area contributed by atoms with Gasteiger partial charge in [0.1, 0.15) is 11.5 Å². The van der Waals surface area contributed by atoms with Crippen LogP contribution >= 0.6 is 0 Å². The summed E-state index contributed by atoms with van der Waals surface area (Å²) in [6.07, 6.45) is 17.6. The fourth-order valence-electron chi connectivity index (χ4n) is 11.2. The molecule has 0 aromatic heterocycles. The minimum Gasteiger partial charge on any atom is -0.508 e. The van der Waals surface area contributed by atoms with E-state index in [0.29, 0.717) is 48.7 Å². The predicted molar refractivity (Wildman–Crippen MR) is 180 cm³/mol. The van der Waals surface area contributed by atoms with E-state index < -0.39 is 0 Å². The fourth-order valence-corrected chi connectivity index (χ4v) is 11.2. The summed E-state index contributed by atoms with van der Waals surface area (Å²) in [5.41, 5.74) is 6.36. The molecule has 4 bridgehead atoms. The molecule has 0 amide bonds. The zero-order valence-electron chi connectivity index (χ0n) is 27.9. The second-order valence-corrected chi connectivity index (χ2v) is 16.2. The molecule has 7 atom stereocenters. The highest BCUT2D eigenvalue weighted by Gasteiger charge is 2.53. The molecule has 0 heterocycles. The highest BCUT2D eigenvalue weighted by atomic mass is 16.5. The van der Waals surface area contributed by atoms with Crippen LogP contribution in [0.2, 0.25) is 0 Å². The van der Waals surface area contributed by atoms with E-state index in [1.807, 2.05) is 18.2 Å². The minimum absolute atomic E-state index is 0.0529. The molecule has 2 aromatic carbocycles. The van der Waals surface area contributed by atoms with Crippen LogP contribution in [0.4, 0.5) is 0 Å². The van der Waals surface area contributed by atoms with E-state index in [4.69, 9.17) is 9.47 Å². The number of phenols is 2. The van der Waals surface area contributed by atoms with Crippen molar-refractivity contribution in [1.82, 2.24) is 5.32 Å².